The zero-order chi connectivity index (χ0) is 15.2. The largest absolute Gasteiger partial charge is 0.371 e. The Morgan fingerprint density at radius 3 is 2.76 bits per heavy atom. The van der Waals surface area contributed by atoms with Crippen LogP contribution in [0.15, 0.2) is 17.1 Å². The first kappa shape index (κ1) is 13.9. The second-order valence-electron chi connectivity index (χ2n) is 6.18. The molecule has 0 bridgehead atoms. The molecule has 2 aliphatic rings. The van der Waals surface area contributed by atoms with Crippen LogP contribution in [0, 0.1) is 5.82 Å². The molecule has 1 aromatic carbocycles. The van der Waals surface area contributed by atoms with Gasteiger partial charge in [0, 0.05) is 6.92 Å². The molecule has 0 saturated heterocycles. The molecule has 3 rings (SSSR count). The van der Waals surface area contributed by atoms with Crippen molar-refractivity contribution in [2.75, 3.05) is 5.32 Å². The number of carbonyl (C=O) groups is 1. The van der Waals surface area contributed by atoms with Gasteiger partial charge in [-0.25, -0.2) is 9.38 Å². The summed E-state index contributed by atoms with van der Waals surface area (Å²) in [6.07, 6.45) is 2.15. The van der Waals surface area contributed by atoms with Crippen molar-refractivity contribution in [1.29, 1.82) is 0 Å². The Bertz CT molecular complexity index is 635. The lowest BCUT2D eigenvalue weighted by Gasteiger charge is -2.34. The molecule has 1 amide bonds. The predicted molar refractivity (Wildman–Crippen MR) is 80.1 cm³/mol. The van der Waals surface area contributed by atoms with Crippen molar-refractivity contribution in [1.82, 2.24) is 10.9 Å². The number of halogens is 1. The molecule has 6 heteroatoms. The summed E-state index contributed by atoms with van der Waals surface area (Å²) < 4.78 is 13.8. The molecule has 0 atom stereocenters. The van der Waals surface area contributed by atoms with Crippen molar-refractivity contribution >= 4 is 23.1 Å². The summed E-state index contributed by atoms with van der Waals surface area (Å²) in [6.45, 7) is 5.27. The van der Waals surface area contributed by atoms with Crippen molar-refractivity contribution in [2.24, 2.45) is 4.99 Å². The van der Waals surface area contributed by atoms with Gasteiger partial charge in [-0.1, -0.05) is 0 Å². The van der Waals surface area contributed by atoms with Gasteiger partial charge >= 0.3 is 0 Å². The summed E-state index contributed by atoms with van der Waals surface area (Å²) in [4.78, 5) is 15.7. The Hall–Kier alpha value is -2.11. The van der Waals surface area contributed by atoms with E-state index < -0.39 is 5.54 Å². The Labute approximate surface area is 123 Å². The molecular weight excluding hydrogens is 271 g/mol. The number of anilines is 1. The van der Waals surface area contributed by atoms with E-state index in [4.69, 9.17) is 0 Å². The number of amides is 1. The smallest absolute Gasteiger partial charge is 0.235 e. The Morgan fingerprint density at radius 1 is 1.43 bits per heavy atom. The quantitative estimate of drug-likeness (QED) is 0.696. The van der Waals surface area contributed by atoms with Crippen LogP contribution >= 0.6 is 0 Å². The van der Waals surface area contributed by atoms with Gasteiger partial charge in [0.1, 0.15) is 11.7 Å². The van der Waals surface area contributed by atoms with Gasteiger partial charge in [0.15, 0.2) is 0 Å². The minimum Gasteiger partial charge on any atom is -0.371 e. The minimum atomic E-state index is -0.524. The predicted octanol–water partition coefficient (Wildman–Crippen LogP) is 2.58. The van der Waals surface area contributed by atoms with Gasteiger partial charge in [0.05, 0.1) is 16.9 Å². The highest BCUT2D eigenvalue weighted by atomic mass is 19.1. The number of hydrogen-bond acceptors (Lipinski definition) is 4. The zero-order valence-corrected chi connectivity index (χ0v) is 12.4. The summed E-state index contributed by atoms with van der Waals surface area (Å²) in [6, 6.07) is 3.04. The first-order valence-electron chi connectivity index (χ1n) is 7.10. The van der Waals surface area contributed by atoms with Crippen LogP contribution in [-0.4, -0.2) is 17.3 Å². The van der Waals surface area contributed by atoms with Gasteiger partial charge in [0.25, 0.3) is 0 Å². The maximum absolute atomic E-state index is 13.8. The Kier molecular flexibility index (Phi) is 3.11. The zero-order valence-electron chi connectivity index (χ0n) is 12.4. The molecule has 1 heterocycles. The Morgan fingerprint density at radius 2 is 2.14 bits per heavy atom. The van der Waals surface area contributed by atoms with Gasteiger partial charge in [-0.3, -0.25) is 15.6 Å². The monoisotopic (exact) mass is 290 g/mol. The molecule has 0 aromatic heterocycles. The molecule has 5 nitrogen and oxygen atoms in total. The van der Waals surface area contributed by atoms with Crippen LogP contribution in [0.25, 0.3) is 0 Å². The van der Waals surface area contributed by atoms with Crippen LogP contribution < -0.4 is 16.2 Å². The SMILES string of the molecule is CC(=O)NNC1=Nc2c(cc(F)cc2C2CC2)NC1(C)C. The van der Waals surface area contributed by atoms with Gasteiger partial charge in [-0.15, -0.1) is 0 Å². The molecule has 21 heavy (non-hydrogen) atoms. The van der Waals surface area contributed by atoms with E-state index in [-0.39, 0.29) is 11.7 Å². The lowest BCUT2D eigenvalue weighted by atomic mass is 9.97. The number of hydrogen-bond donors (Lipinski definition) is 3. The van der Waals surface area contributed by atoms with Crippen molar-refractivity contribution in [3.63, 3.8) is 0 Å². The third-order valence-corrected chi connectivity index (χ3v) is 3.74. The van der Waals surface area contributed by atoms with E-state index in [0.717, 1.165) is 24.1 Å². The molecular formula is C15H19FN4O. The highest BCUT2D eigenvalue weighted by Crippen LogP contribution is 2.48. The number of amidine groups is 1. The third-order valence-electron chi connectivity index (χ3n) is 3.74. The highest BCUT2D eigenvalue weighted by Gasteiger charge is 2.35. The fraction of sp³-hybridized carbons (Fsp3) is 0.467. The fourth-order valence-corrected chi connectivity index (χ4v) is 2.52. The number of nitrogens with zero attached hydrogens (tertiary/aromatic N) is 1. The van der Waals surface area contributed by atoms with Crippen LogP contribution in [-0.2, 0) is 4.79 Å². The van der Waals surface area contributed by atoms with Crippen molar-refractivity contribution in [3.05, 3.63) is 23.5 Å². The summed E-state index contributed by atoms with van der Waals surface area (Å²) >= 11 is 0. The first-order valence-corrected chi connectivity index (χ1v) is 7.10. The van der Waals surface area contributed by atoms with Gasteiger partial charge in [-0.05, 0) is 50.3 Å². The second kappa shape index (κ2) is 4.72. The number of nitrogens with one attached hydrogen (secondary N) is 3. The summed E-state index contributed by atoms with van der Waals surface area (Å²) in [5, 5.41) is 3.29. The molecule has 1 saturated carbocycles. The van der Waals surface area contributed by atoms with E-state index in [1.54, 1.807) is 6.07 Å². The molecule has 0 unspecified atom stereocenters. The van der Waals surface area contributed by atoms with E-state index in [1.807, 2.05) is 13.8 Å². The highest BCUT2D eigenvalue weighted by molar-refractivity contribution is 6.00. The average molecular weight is 290 g/mol. The third kappa shape index (κ3) is 2.70. The number of benzene rings is 1. The van der Waals surface area contributed by atoms with E-state index in [2.05, 4.69) is 21.2 Å². The summed E-state index contributed by atoms with van der Waals surface area (Å²) in [7, 11) is 0. The van der Waals surface area contributed by atoms with Gasteiger partial charge in [-0.2, -0.15) is 0 Å². The van der Waals surface area contributed by atoms with Crippen LogP contribution in [0.1, 0.15) is 45.1 Å². The number of aliphatic imine (C=N–C) groups is 1. The minimum absolute atomic E-state index is 0.194. The number of carbonyl (C=O) groups excluding carboxylic acids is 1. The molecule has 0 spiro atoms. The molecule has 1 fully saturated rings. The van der Waals surface area contributed by atoms with Crippen LogP contribution in [0.3, 0.4) is 0 Å². The Balaban J connectivity index is 2.02. The molecule has 1 aromatic rings. The maximum Gasteiger partial charge on any atom is 0.235 e. The molecule has 112 valence electrons. The lowest BCUT2D eigenvalue weighted by molar-refractivity contribution is -0.119. The van der Waals surface area contributed by atoms with Crippen molar-refractivity contribution in [2.45, 2.75) is 45.1 Å². The van der Waals surface area contributed by atoms with Crippen LogP contribution in [0.4, 0.5) is 15.8 Å². The van der Waals surface area contributed by atoms with E-state index in [0.29, 0.717) is 17.4 Å². The van der Waals surface area contributed by atoms with Crippen molar-refractivity contribution < 1.29 is 9.18 Å². The average Bonchev–Trinajstić information content (AvgIpc) is 3.18. The van der Waals surface area contributed by atoms with E-state index >= 15 is 0 Å². The van der Waals surface area contributed by atoms with Gasteiger partial charge in [0.2, 0.25) is 5.91 Å². The van der Waals surface area contributed by atoms with Crippen LogP contribution in [0.2, 0.25) is 0 Å². The number of fused-ring (bicyclic) bond motifs is 1. The molecule has 0 radical (unpaired) electrons. The lowest BCUT2D eigenvalue weighted by Crippen LogP contribution is -2.54. The van der Waals surface area contributed by atoms with Crippen molar-refractivity contribution in [3.8, 4) is 0 Å². The molecule has 1 aliphatic heterocycles. The number of rotatable bonds is 1. The number of hydrazine groups is 1. The summed E-state index contributed by atoms with van der Waals surface area (Å²) in [5.74, 6) is 0.565. The van der Waals surface area contributed by atoms with Crippen LogP contribution in [0.5, 0.6) is 0 Å². The summed E-state index contributed by atoms with van der Waals surface area (Å²) in [5.41, 5.74) is 7.28. The molecule has 1 aliphatic carbocycles. The first-order chi connectivity index (χ1) is 9.87. The normalized spacial score (nSPS) is 19.1. The maximum atomic E-state index is 13.8. The molecule has 3 N–H and O–H groups in total. The standard InChI is InChI=1S/C15H19FN4O/c1-8(21)19-20-14-15(2,3)18-12-7-10(16)6-11(9-4-5-9)13(12)17-14/h6-7,9,18H,4-5H2,1-3H3,(H,17,20)(H,19,21). The van der Waals surface area contributed by atoms with E-state index in [1.165, 1.54) is 13.0 Å². The second-order valence-corrected chi connectivity index (χ2v) is 6.18. The van der Waals surface area contributed by atoms with E-state index in [9.17, 15) is 9.18 Å². The fourth-order valence-electron chi connectivity index (χ4n) is 2.52. The van der Waals surface area contributed by atoms with Gasteiger partial charge < -0.3 is 5.32 Å². The topological polar surface area (TPSA) is 65.5 Å².